The van der Waals surface area contributed by atoms with Crippen LogP contribution in [0.2, 0.25) is 0 Å². The summed E-state index contributed by atoms with van der Waals surface area (Å²) >= 11 is 0. The zero-order valence-corrected chi connectivity index (χ0v) is 15.0. The molecule has 2 aromatic rings. The van der Waals surface area contributed by atoms with E-state index in [-0.39, 0.29) is 0 Å². The van der Waals surface area contributed by atoms with Crippen LogP contribution in [0.15, 0.2) is 28.7 Å². The molecule has 1 aromatic heterocycles. The molecule has 134 valence electrons. The van der Waals surface area contributed by atoms with Gasteiger partial charge in [-0.2, -0.15) is 0 Å². The second-order valence-corrected chi connectivity index (χ2v) is 7.39. The van der Waals surface area contributed by atoms with E-state index in [1.165, 1.54) is 38.6 Å². The average Bonchev–Trinajstić information content (AvgIpc) is 3.32. The summed E-state index contributed by atoms with van der Waals surface area (Å²) in [6.45, 7) is 3.43. The Bertz CT molecular complexity index is 694. The van der Waals surface area contributed by atoms with Gasteiger partial charge in [0.2, 0.25) is 5.89 Å². The van der Waals surface area contributed by atoms with E-state index in [9.17, 15) is 0 Å². The minimum absolute atomic E-state index is 0.361. The van der Waals surface area contributed by atoms with Crippen molar-refractivity contribution in [3.05, 3.63) is 30.2 Å². The average molecular weight is 341 g/mol. The third-order valence-corrected chi connectivity index (χ3v) is 5.64. The Hall–Kier alpha value is -1.88. The van der Waals surface area contributed by atoms with Gasteiger partial charge in [0.05, 0.1) is 18.6 Å². The Balaban J connectivity index is 1.41. The lowest BCUT2D eigenvalue weighted by Gasteiger charge is -2.26. The number of para-hydroxylation sites is 1. The van der Waals surface area contributed by atoms with Crippen molar-refractivity contribution in [3.8, 4) is 17.2 Å². The van der Waals surface area contributed by atoms with Crippen molar-refractivity contribution in [2.75, 3.05) is 26.7 Å². The molecule has 25 heavy (non-hydrogen) atoms. The van der Waals surface area contributed by atoms with Gasteiger partial charge in [-0.05, 0) is 43.9 Å². The summed E-state index contributed by atoms with van der Waals surface area (Å²) in [6, 6.07) is 7.78. The van der Waals surface area contributed by atoms with E-state index < -0.39 is 0 Å². The van der Waals surface area contributed by atoms with E-state index in [0.717, 1.165) is 42.6 Å². The summed E-state index contributed by atoms with van der Waals surface area (Å²) in [6.07, 6.45) is 8.16. The molecule has 0 amide bonds. The maximum Gasteiger partial charge on any atom is 0.251 e. The van der Waals surface area contributed by atoms with E-state index in [1.807, 2.05) is 24.3 Å². The maximum atomic E-state index is 6.01. The largest absolute Gasteiger partial charge is 0.496 e. The van der Waals surface area contributed by atoms with Gasteiger partial charge in [-0.25, -0.2) is 0 Å². The van der Waals surface area contributed by atoms with Gasteiger partial charge in [-0.1, -0.05) is 31.4 Å². The van der Waals surface area contributed by atoms with Crippen LogP contribution in [0, 0.1) is 5.92 Å². The van der Waals surface area contributed by atoms with Gasteiger partial charge in [0, 0.05) is 13.1 Å². The molecule has 2 heterocycles. The van der Waals surface area contributed by atoms with Crippen LogP contribution in [0.3, 0.4) is 0 Å². The van der Waals surface area contributed by atoms with E-state index >= 15 is 0 Å². The number of aromatic nitrogens is 2. The fourth-order valence-electron chi connectivity index (χ4n) is 4.26. The monoisotopic (exact) mass is 341 g/mol. The summed E-state index contributed by atoms with van der Waals surface area (Å²) in [7, 11) is 1.66. The molecule has 1 saturated carbocycles. The highest BCUT2D eigenvalue weighted by Crippen LogP contribution is 2.33. The standard InChI is InChI=1S/C20H27N3O2/c1-24-18-10-6-5-9-17(18)20-22-21-19(25-20)16-11-12-23(14-16)13-15-7-3-2-4-8-15/h5-6,9-10,15-16H,2-4,7-8,11-14H2,1H3. The number of benzene rings is 1. The topological polar surface area (TPSA) is 51.4 Å². The first-order valence-corrected chi connectivity index (χ1v) is 9.52. The molecule has 0 spiro atoms. The van der Waals surface area contributed by atoms with Crippen molar-refractivity contribution in [3.63, 3.8) is 0 Å². The zero-order chi connectivity index (χ0) is 17.1. The Kier molecular flexibility index (Phi) is 5.02. The van der Waals surface area contributed by atoms with Crippen molar-refractivity contribution < 1.29 is 9.15 Å². The summed E-state index contributed by atoms with van der Waals surface area (Å²) in [5.74, 6) is 3.34. The third kappa shape index (κ3) is 3.71. The van der Waals surface area contributed by atoms with Crippen LogP contribution in [-0.2, 0) is 0 Å². The van der Waals surface area contributed by atoms with E-state index in [2.05, 4.69) is 15.1 Å². The second-order valence-electron chi connectivity index (χ2n) is 7.39. The predicted molar refractivity (Wildman–Crippen MR) is 96.7 cm³/mol. The Morgan fingerprint density at radius 3 is 2.80 bits per heavy atom. The predicted octanol–water partition coefficient (Wildman–Crippen LogP) is 4.11. The van der Waals surface area contributed by atoms with Crippen LogP contribution in [0.25, 0.3) is 11.5 Å². The van der Waals surface area contributed by atoms with E-state index in [4.69, 9.17) is 9.15 Å². The molecule has 5 heteroatoms. The van der Waals surface area contributed by atoms with Gasteiger partial charge in [0.25, 0.3) is 5.89 Å². The molecular formula is C20H27N3O2. The fourth-order valence-corrected chi connectivity index (χ4v) is 4.26. The SMILES string of the molecule is COc1ccccc1-c1nnc(C2CCN(CC3CCCCC3)C2)o1. The van der Waals surface area contributed by atoms with Gasteiger partial charge in [-0.3, -0.25) is 0 Å². The summed E-state index contributed by atoms with van der Waals surface area (Å²) in [5, 5.41) is 8.60. The number of hydrogen-bond donors (Lipinski definition) is 0. The molecule has 1 aliphatic carbocycles. The van der Waals surface area contributed by atoms with Gasteiger partial charge < -0.3 is 14.1 Å². The molecule has 0 radical (unpaired) electrons. The van der Waals surface area contributed by atoms with E-state index in [0.29, 0.717) is 11.8 Å². The maximum absolute atomic E-state index is 6.01. The van der Waals surface area contributed by atoms with Gasteiger partial charge in [0.1, 0.15) is 5.75 Å². The second kappa shape index (κ2) is 7.56. The zero-order valence-electron chi connectivity index (χ0n) is 15.0. The van der Waals surface area contributed by atoms with Crippen LogP contribution in [-0.4, -0.2) is 41.8 Å². The first kappa shape index (κ1) is 16.6. The Morgan fingerprint density at radius 1 is 1.12 bits per heavy atom. The lowest BCUT2D eigenvalue weighted by Crippen LogP contribution is -2.28. The van der Waals surface area contributed by atoms with Crippen LogP contribution in [0.4, 0.5) is 0 Å². The minimum Gasteiger partial charge on any atom is -0.496 e. The van der Waals surface area contributed by atoms with Crippen LogP contribution in [0.5, 0.6) is 5.75 Å². The number of ether oxygens (including phenoxy) is 1. The highest BCUT2D eigenvalue weighted by atomic mass is 16.5. The molecule has 1 atom stereocenters. The minimum atomic E-state index is 0.361. The van der Waals surface area contributed by atoms with Crippen molar-refractivity contribution >= 4 is 0 Å². The van der Waals surface area contributed by atoms with Crippen LogP contribution < -0.4 is 4.74 Å². The molecule has 2 aliphatic rings. The third-order valence-electron chi connectivity index (χ3n) is 5.64. The van der Waals surface area contributed by atoms with Crippen LogP contribution in [0.1, 0.15) is 50.3 Å². The molecule has 0 bridgehead atoms. The number of likely N-dealkylation sites (tertiary alicyclic amines) is 1. The Morgan fingerprint density at radius 2 is 1.96 bits per heavy atom. The van der Waals surface area contributed by atoms with Gasteiger partial charge in [-0.15, -0.1) is 10.2 Å². The molecule has 1 saturated heterocycles. The lowest BCUT2D eigenvalue weighted by molar-refractivity contribution is 0.230. The van der Waals surface area contributed by atoms with Crippen molar-refractivity contribution in [1.29, 1.82) is 0 Å². The number of nitrogens with zero attached hydrogens (tertiary/aromatic N) is 3. The molecular weight excluding hydrogens is 314 g/mol. The number of methoxy groups -OCH3 is 1. The van der Waals surface area contributed by atoms with Crippen LogP contribution >= 0.6 is 0 Å². The molecule has 2 fully saturated rings. The first-order chi connectivity index (χ1) is 12.3. The molecule has 1 aromatic carbocycles. The van der Waals surface area contributed by atoms with Gasteiger partial charge in [0.15, 0.2) is 0 Å². The summed E-state index contributed by atoms with van der Waals surface area (Å²) in [4.78, 5) is 2.59. The molecule has 0 N–H and O–H groups in total. The quantitative estimate of drug-likeness (QED) is 0.819. The van der Waals surface area contributed by atoms with Crippen molar-refractivity contribution in [2.45, 2.75) is 44.4 Å². The van der Waals surface area contributed by atoms with Crippen molar-refractivity contribution in [2.24, 2.45) is 5.92 Å². The highest BCUT2D eigenvalue weighted by Gasteiger charge is 2.30. The summed E-state index contributed by atoms with van der Waals surface area (Å²) in [5.41, 5.74) is 0.862. The van der Waals surface area contributed by atoms with E-state index in [1.54, 1.807) is 7.11 Å². The highest BCUT2D eigenvalue weighted by molar-refractivity contribution is 5.62. The molecule has 1 unspecified atom stereocenters. The first-order valence-electron chi connectivity index (χ1n) is 9.52. The number of rotatable bonds is 5. The summed E-state index contributed by atoms with van der Waals surface area (Å²) < 4.78 is 11.4. The molecule has 4 rings (SSSR count). The molecule has 5 nitrogen and oxygen atoms in total. The fraction of sp³-hybridized carbons (Fsp3) is 0.600. The lowest BCUT2D eigenvalue weighted by atomic mass is 9.89. The molecule has 1 aliphatic heterocycles. The smallest absolute Gasteiger partial charge is 0.251 e. The van der Waals surface area contributed by atoms with Crippen molar-refractivity contribution in [1.82, 2.24) is 15.1 Å². The number of hydrogen-bond acceptors (Lipinski definition) is 5. The normalized spacial score (nSPS) is 22.4. The van der Waals surface area contributed by atoms with Gasteiger partial charge >= 0.3 is 0 Å². The Labute approximate surface area is 149 Å².